The molecule has 0 spiro atoms. The average molecular weight is 163 g/mol. The molecule has 0 aromatic rings. The molecule has 0 aromatic carbocycles. The standard InChI is InChI=1S/C5H10NO3P/c7-4(8)5(9)2-1-3-6(5)10/h9H,1-3,10H2,(H,7,8). The molecule has 10 heavy (non-hydrogen) atoms. The van der Waals surface area contributed by atoms with Crippen LogP contribution in [0.3, 0.4) is 0 Å². The monoisotopic (exact) mass is 163 g/mol. The third kappa shape index (κ3) is 1.03. The Morgan fingerprint density at radius 1 is 1.70 bits per heavy atom. The molecular weight excluding hydrogens is 153 g/mol. The molecule has 5 heteroatoms. The summed E-state index contributed by atoms with van der Waals surface area (Å²) < 4.78 is 1.37. The molecular formula is C5H10NO3P. The highest BCUT2D eigenvalue weighted by atomic mass is 31.0. The largest absolute Gasteiger partial charge is 0.478 e. The van der Waals surface area contributed by atoms with Gasteiger partial charge < -0.3 is 10.2 Å². The lowest BCUT2D eigenvalue weighted by molar-refractivity contribution is -0.167. The maximum absolute atomic E-state index is 10.4. The zero-order valence-electron chi connectivity index (χ0n) is 5.45. The minimum atomic E-state index is -1.63. The van der Waals surface area contributed by atoms with E-state index in [0.717, 1.165) is 6.42 Å². The Bertz CT molecular complexity index is 163. The number of aliphatic hydroxyl groups is 1. The molecule has 1 saturated heterocycles. The van der Waals surface area contributed by atoms with Crippen LogP contribution in [0.4, 0.5) is 0 Å². The minimum absolute atomic E-state index is 0.311. The van der Waals surface area contributed by atoms with E-state index < -0.39 is 11.7 Å². The molecule has 58 valence electrons. The van der Waals surface area contributed by atoms with E-state index in [1.54, 1.807) is 0 Å². The van der Waals surface area contributed by atoms with Crippen molar-refractivity contribution in [2.75, 3.05) is 6.54 Å². The van der Waals surface area contributed by atoms with E-state index in [-0.39, 0.29) is 0 Å². The van der Waals surface area contributed by atoms with E-state index in [0.29, 0.717) is 13.0 Å². The highest BCUT2D eigenvalue weighted by molar-refractivity contribution is 7.13. The Morgan fingerprint density at radius 2 is 2.30 bits per heavy atom. The molecule has 2 unspecified atom stereocenters. The topological polar surface area (TPSA) is 60.8 Å². The van der Waals surface area contributed by atoms with Crippen LogP contribution in [-0.4, -0.2) is 33.1 Å². The SMILES string of the molecule is O=C(O)C1(O)CCCN1P. The van der Waals surface area contributed by atoms with Gasteiger partial charge in [0.05, 0.1) is 0 Å². The number of carbonyl (C=O) groups is 1. The fraction of sp³-hybridized carbons (Fsp3) is 0.800. The van der Waals surface area contributed by atoms with Crippen molar-refractivity contribution in [2.45, 2.75) is 18.6 Å². The molecule has 1 fully saturated rings. The van der Waals surface area contributed by atoms with E-state index in [2.05, 4.69) is 9.39 Å². The van der Waals surface area contributed by atoms with Crippen LogP contribution in [0.2, 0.25) is 0 Å². The quantitative estimate of drug-likeness (QED) is 0.518. The molecule has 1 aliphatic heterocycles. The third-order valence-electron chi connectivity index (χ3n) is 1.74. The normalized spacial score (nSPS) is 34.6. The van der Waals surface area contributed by atoms with Crippen LogP contribution in [0, 0.1) is 0 Å². The maximum Gasteiger partial charge on any atom is 0.351 e. The lowest BCUT2D eigenvalue weighted by Crippen LogP contribution is -2.45. The first-order chi connectivity index (χ1) is 4.57. The lowest BCUT2D eigenvalue weighted by atomic mass is 10.2. The van der Waals surface area contributed by atoms with Crippen LogP contribution in [0.25, 0.3) is 0 Å². The first-order valence-electron chi connectivity index (χ1n) is 3.05. The number of hydrogen-bond acceptors (Lipinski definition) is 3. The van der Waals surface area contributed by atoms with Crippen molar-refractivity contribution in [1.82, 2.24) is 4.67 Å². The molecule has 2 atom stereocenters. The molecule has 1 rings (SSSR count). The van der Waals surface area contributed by atoms with Crippen molar-refractivity contribution in [3.05, 3.63) is 0 Å². The summed E-state index contributed by atoms with van der Waals surface area (Å²) in [5.41, 5.74) is -1.63. The van der Waals surface area contributed by atoms with E-state index in [4.69, 9.17) is 5.11 Å². The summed E-state index contributed by atoms with van der Waals surface area (Å²) in [6.45, 7) is 0.619. The van der Waals surface area contributed by atoms with Gasteiger partial charge in [-0.25, -0.2) is 9.46 Å². The van der Waals surface area contributed by atoms with Gasteiger partial charge in [0.15, 0.2) is 0 Å². The van der Waals surface area contributed by atoms with Crippen molar-refractivity contribution in [3.8, 4) is 0 Å². The molecule has 0 aromatic heterocycles. The fourth-order valence-corrected chi connectivity index (χ4v) is 1.48. The van der Waals surface area contributed by atoms with Gasteiger partial charge in [0.2, 0.25) is 5.72 Å². The number of aliphatic carboxylic acids is 1. The predicted octanol–water partition coefficient (Wildman–Crippen LogP) is -0.354. The van der Waals surface area contributed by atoms with Crippen LogP contribution in [-0.2, 0) is 4.79 Å². The second-order valence-electron chi connectivity index (χ2n) is 2.42. The average Bonchev–Trinajstić information content (AvgIpc) is 2.15. The zero-order valence-corrected chi connectivity index (χ0v) is 6.60. The number of carboxylic acids is 1. The third-order valence-corrected chi connectivity index (χ3v) is 2.43. The molecule has 2 N–H and O–H groups in total. The van der Waals surface area contributed by atoms with Crippen LogP contribution in [0.1, 0.15) is 12.8 Å². The molecule has 0 bridgehead atoms. The van der Waals surface area contributed by atoms with Crippen molar-refractivity contribution >= 4 is 15.4 Å². The molecule has 0 saturated carbocycles. The zero-order chi connectivity index (χ0) is 7.78. The molecule has 1 aliphatic rings. The van der Waals surface area contributed by atoms with E-state index in [1.165, 1.54) is 4.67 Å². The fourth-order valence-electron chi connectivity index (χ4n) is 1.05. The van der Waals surface area contributed by atoms with Crippen LogP contribution < -0.4 is 0 Å². The minimum Gasteiger partial charge on any atom is -0.478 e. The maximum atomic E-state index is 10.4. The van der Waals surface area contributed by atoms with Gasteiger partial charge in [-0.3, -0.25) is 0 Å². The number of carboxylic acid groups (broad SMARTS) is 1. The van der Waals surface area contributed by atoms with Crippen molar-refractivity contribution in [1.29, 1.82) is 0 Å². The van der Waals surface area contributed by atoms with Crippen molar-refractivity contribution < 1.29 is 15.0 Å². The molecule has 1 heterocycles. The molecule has 4 nitrogen and oxygen atoms in total. The Labute approximate surface area is 61.1 Å². The summed E-state index contributed by atoms with van der Waals surface area (Å²) in [4.78, 5) is 10.4. The van der Waals surface area contributed by atoms with E-state index in [9.17, 15) is 9.90 Å². The lowest BCUT2D eigenvalue weighted by Gasteiger charge is -2.24. The van der Waals surface area contributed by atoms with Gasteiger partial charge in [0, 0.05) is 13.0 Å². The highest BCUT2D eigenvalue weighted by Gasteiger charge is 2.43. The number of nitrogens with zero attached hydrogens (tertiary/aromatic N) is 1. The molecule has 0 radical (unpaired) electrons. The van der Waals surface area contributed by atoms with Crippen LogP contribution in [0.5, 0.6) is 0 Å². The Hall–Kier alpha value is -0.180. The summed E-state index contributed by atoms with van der Waals surface area (Å²) >= 11 is 0. The second kappa shape index (κ2) is 2.46. The number of hydrogen-bond donors (Lipinski definition) is 2. The van der Waals surface area contributed by atoms with Gasteiger partial charge in [-0.15, -0.1) is 0 Å². The summed E-state index contributed by atoms with van der Waals surface area (Å²) in [7, 11) is 2.21. The summed E-state index contributed by atoms with van der Waals surface area (Å²) in [6, 6.07) is 0. The van der Waals surface area contributed by atoms with Crippen molar-refractivity contribution in [2.24, 2.45) is 0 Å². The predicted molar refractivity (Wildman–Crippen MR) is 38.2 cm³/mol. The van der Waals surface area contributed by atoms with Gasteiger partial charge >= 0.3 is 5.97 Å². The molecule has 0 amide bonds. The first-order valence-corrected chi connectivity index (χ1v) is 3.57. The van der Waals surface area contributed by atoms with Gasteiger partial charge in [-0.2, -0.15) is 0 Å². The van der Waals surface area contributed by atoms with Gasteiger partial charge in [-0.05, 0) is 6.42 Å². The summed E-state index contributed by atoms with van der Waals surface area (Å²) in [5.74, 6) is -1.17. The second-order valence-corrected chi connectivity index (χ2v) is 3.04. The van der Waals surface area contributed by atoms with Gasteiger partial charge in [-0.1, -0.05) is 9.39 Å². The summed E-state index contributed by atoms with van der Waals surface area (Å²) in [5, 5.41) is 17.9. The van der Waals surface area contributed by atoms with E-state index in [1.807, 2.05) is 0 Å². The Kier molecular flexibility index (Phi) is 1.95. The van der Waals surface area contributed by atoms with Crippen LogP contribution >= 0.6 is 9.39 Å². The highest BCUT2D eigenvalue weighted by Crippen LogP contribution is 2.29. The Balaban J connectivity index is 2.75. The van der Waals surface area contributed by atoms with Crippen molar-refractivity contribution in [3.63, 3.8) is 0 Å². The Morgan fingerprint density at radius 3 is 2.50 bits per heavy atom. The van der Waals surface area contributed by atoms with Gasteiger partial charge in [0.1, 0.15) is 0 Å². The van der Waals surface area contributed by atoms with Crippen LogP contribution in [0.15, 0.2) is 0 Å². The van der Waals surface area contributed by atoms with E-state index >= 15 is 0 Å². The molecule has 0 aliphatic carbocycles. The first kappa shape index (κ1) is 7.92. The smallest absolute Gasteiger partial charge is 0.351 e. The van der Waals surface area contributed by atoms with Gasteiger partial charge in [0.25, 0.3) is 0 Å². The number of rotatable bonds is 1. The summed E-state index contributed by atoms with van der Waals surface area (Å²) in [6.07, 6.45) is 1.04.